The molecule has 1 atom stereocenters. The van der Waals surface area contributed by atoms with Crippen LogP contribution in [0.3, 0.4) is 0 Å². The fourth-order valence-electron chi connectivity index (χ4n) is 1.58. The maximum Gasteiger partial charge on any atom is 0.147 e. The Labute approximate surface area is 127 Å². The first-order valence-electron chi connectivity index (χ1n) is 5.14. The SMILES string of the molecule is CC(Nc1c(F)cccc1Br)c1cc(Cl)sc1Cl. The summed E-state index contributed by atoms with van der Waals surface area (Å²) in [5.41, 5.74) is 1.28. The van der Waals surface area contributed by atoms with E-state index in [9.17, 15) is 4.39 Å². The van der Waals surface area contributed by atoms with Crippen LogP contribution in [-0.4, -0.2) is 0 Å². The summed E-state index contributed by atoms with van der Waals surface area (Å²) in [5.74, 6) is -0.311. The van der Waals surface area contributed by atoms with Crippen LogP contribution in [0.5, 0.6) is 0 Å². The minimum Gasteiger partial charge on any atom is -0.375 e. The second-order valence-corrected chi connectivity index (χ2v) is 6.88. The van der Waals surface area contributed by atoms with E-state index in [0.717, 1.165) is 5.56 Å². The van der Waals surface area contributed by atoms with Crippen molar-refractivity contribution in [3.63, 3.8) is 0 Å². The first-order valence-corrected chi connectivity index (χ1v) is 7.51. The molecule has 1 nitrogen and oxygen atoms in total. The molecule has 0 saturated carbocycles. The second-order valence-electron chi connectivity index (χ2n) is 3.74. The van der Waals surface area contributed by atoms with Gasteiger partial charge in [-0.15, -0.1) is 11.3 Å². The Kier molecular flexibility index (Phi) is 4.54. The van der Waals surface area contributed by atoms with Gasteiger partial charge in [-0.25, -0.2) is 4.39 Å². The molecule has 18 heavy (non-hydrogen) atoms. The number of hydrogen-bond donors (Lipinski definition) is 1. The quantitative estimate of drug-likeness (QED) is 0.687. The van der Waals surface area contributed by atoms with Crippen molar-refractivity contribution in [2.45, 2.75) is 13.0 Å². The van der Waals surface area contributed by atoms with E-state index in [4.69, 9.17) is 23.2 Å². The van der Waals surface area contributed by atoms with Gasteiger partial charge in [0.15, 0.2) is 0 Å². The molecule has 0 amide bonds. The van der Waals surface area contributed by atoms with Crippen LogP contribution in [0.1, 0.15) is 18.5 Å². The van der Waals surface area contributed by atoms with E-state index < -0.39 is 0 Å². The minimum atomic E-state index is -0.311. The molecule has 0 fully saturated rings. The molecule has 1 unspecified atom stereocenters. The average Bonchev–Trinajstić information content (AvgIpc) is 2.63. The van der Waals surface area contributed by atoms with Gasteiger partial charge in [0.1, 0.15) is 5.82 Å². The number of rotatable bonds is 3. The molecule has 0 spiro atoms. The Morgan fingerprint density at radius 3 is 2.67 bits per heavy atom. The maximum absolute atomic E-state index is 13.7. The van der Waals surface area contributed by atoms with E-state index in [2.05, 4.69) is 21.2 Å². The smallest absolute Gasteiger partial charge is 0.147 e. The molecule has 1 aromatic heterocycles. The standard InChI is InChI=1S/C12H9BrCl2FNS/c1-6(7-5-10(14)18-12(7)15)17-11-8(13)3-2-4-9(11)16/h2-6,17H,1H3. The van der Waals surface area contributed by atoms with Crippen molar-refractivity contribution in [3.05, 3.63) is 48.8 Å². The van der Waals surface area contributed by atoms with Crippen molar-refractivity contribution in [3.8, 4) is 0 Å². The van der Waals surface area contributed by atoms with E-state index in [1.54, 1.807) is 18.2 Å². The highest BCUT2D eigenvalue weighted by Crippen LogP contribution is 2.37. The molecule has 1 N–H and O–H groups in total. The van der Waals surface area contributed by atoms with Crippen molar-refractivity contribution < 1.29 is 4.39 Å². The van der Waals surface area contributed by atoms with Gasteiger partial charge in [-0.1, -0.05) is 29.3 Å². The van der Waals surface area contributed by atoms with Gasteiger partial charge in [0.05, 0.1) is 20.4 Å². The molecule has 0 aliphatic carbocycles. The Morgan fingerprint density at radius 1 is 1.39 bits per heavy atom. The predicted octanol–water partition coefficient (Wildman–Crippen LogP) is 6.13. The van der Waals surface area contributed by atoms with Crippen LogP contribution < -0.4 is 5.32 Å². The summed E-state index contributed by atoms with van der Waals surface area (Å²) in [4.78, 5) is 0. The molecule has 2 aromatic rings. The van der Waals surface area contributed by atoms with Gasteiger partial charge in [-0.2, -0.15) is 0 Å². The molecule has 0 aliphatic rings. The fourth-order valence-corrected chi connectivity index (χ4v) is 3.68. The zero-order valence-corrected chi connectivity index (χ0v) is 13.2. The third-order valence-corrected chi connectivity index (χ3v) is 4.65. The second kappa shape index (κ2) is 5.78. The molecule has 0 saturated heterocycles. The lowest BCUT2D eigenvalue weighted by Crippen LogP contribution is -2.08. The number of benzene rings is 1. The summed E-state index contributed by atoms with van der Waals surface area (Å²) >= 11 is 16.6. The molecule has 2 rings (SSSR count). The van der Waals surface area contributed by atoms with Crippen LogP contribution in [0.25, 0.3) is 0 Å². The zero-order valence-electron chi connectivity index (χ0n) is 9.31. The maximum atomic E-state index is 13.7. The van der Waals surface area contributed by atoms with Gasteiger partial charge in [0.2, 0.25) is 0 Å². The van der Waals surface area contributed by atoms with Gasteiger partial charge in [-0.05, 0) is 41.1 Å². The van der Waals surface area contributed by atoms with Gasteiger partial charge >= 0.3 is 0 Å². The number of para-hydroxylation sites is 1. The highest BCUT2D eigenvalue weighted by molar-refractivity contribution is 9.10. The Bertz CT molecular complexity index is 553. The summed E-state index contributed by atoms with van der Waals surface area (Å²) in [6.07, 6.45) is 0. The largest absolute Gasteiger partial charge is 0.375 e. The van der Waals surface area contributed by atoms with Crippen molar-refractivity contribution in [2.75, 3.05) is 5.32 Å². The lowest BCUT2D eigenvalue weighted by molar-refractivity contribution is 0.626. The Hall–Kier alpha value is -0.290. The lowest BCUT2D eigenvalue weighted by Gasteiger charge is -2.16. The van der Waals surface area contributed by atoms with Crippen LogP contribution in [0.4, 0.5) is 10.1 Å². The summed E-state index contributed by atoms with van der Waals surface area (Å²) in [6, 6.07) is 6.49. The molecular weight excluding hydrogens is 360 g/mol. The summed E-state index contributed by atoms with van der Waals surface area (Å²) in [5, 5.41) is 3.09. The van der Waals surface area contributed by atoms with Crippen LogP contribution in [0.2, 0.25) is 8.67 Å². The van der Waals surface area contributed by atoms with Crippen molar-refractivity contribution in [1.29, 1.82) is 0 Å². The van der Waals surface area contributed by atoms with Gasteiger partial charge in [-0.3, -0.25) is 0 Å². The summed E-state index contributed by atoms with van der Waals surface area (Å²) in [6.45, 7) is 1.91. The van der Waals surface area contributed by atoms with Gasteiger partial charge in [0, 0.05) is 10.0 Å². The number of nitrogens with one attached hydrogen (secondary N) is 1. The molecule has 6 heteroatoms. The fraction of sp³-hybridized carbons (Fsp3) is 0.167. The third kappa shape index (κ3) is 2.99. The molecule has 0 aliphatic heterocycles. The van der Waals surface area contributed by atoms with E-state index in [-0.39, 0.29) is 11.9 Å². The van der Waals surface area contributed by atoms with Crippen LogP contribution in [0, 0.1) is 5.82 Å². The van der Waals surface area contributed by atoms with Crippen LogP contribution in [-0.2, 0) is 0 Å². The Morgan fingerprint density at radius 2 is 2.11 bits per heavy atom. The number of halogens is 4. The monoisotopic (exact) mass is 367 g/mol. The lowest BCUT2D eigenvalue weighted by atomic mass is 10.1. The van der Waals surface area contributed by atoms with Crippen LogP contribution in [0.15, 0.2) is 28.7 Å². The summed E-state index contributed by atoms with van der Waals surface area (Å²) in [7, 11) is 0. The van der Waals surface area contributed by atoms with Crippen molar-refractivity contribution in [2.24, 2.45) is 0 Å². The van der Waals surface area contributed by atoms with Gasteiger partial charge < -0.3 is 5.32 Å². The summed E-state index contributed by atoms with van der Waals surface area (Å²) < 4.78 is 15.6. The van der Waals surface area contributed by atoms with E-state index >= 15 is 0 Å². The average molecular weight is 369 g/mol. The Balaban J connectivity index is 2.26. The highest BCUT2D eigenvalue weighted by atomic mass is 79.9. The van der Waals surface area contributed by atoms with E-state index in [1.165, 1.54) is 17.4 Å². The van der Waals surface area contributed by atoms with Crippen molar-refractivity contribution >= 4 is 56.2 Å². The highest BCUT2D eigenvalue weighted by Gasteiger charge is 2.16. The molecule has 0 radical (unpaired) electrons. The number of thiophene rings is 1. The minimum absolute atomic E-state index is 0.130. The molecule has 1 aromatic carbocycles. The molecule has 96 valence electrons. The number of anilines is 1. The molecule has 1 heterocycles. The molecule has 0 bridgehead atoms. The topological polar surface area (TPSA) is 12.0 Å². The van der Waals surface area contributed by atoms with E-state index in [0.29, 0.717) is 18.8 Å². The first-order chi connectivity index (χ1) is 8.49. The normalized spacial score (nSPS) is 12.5. The van der Waals surface area contributed by atoms with Gasteiger partial charge in [0.25, 0.3) is 0 Å². The number of hydrogen-bond acceptors (Lipinski definition) is 2. The third-order valence-electron chi connectivity index (χ3n) is 2.47. The molecular formula is C12H9BrCl2FNS. The predicted molar refractivity (Wildman–Crippen MR) is 80.5 cm³/mol. The first kappa shape index (κ1) is 14.1. The van der Waals surface area contributed by atoms with Crippen molar-refractivity contribution in [1.82, 2.24) is 0 Å². The van der Waals surface area contributed by atoms with Crippen LogP contribution >= 0.6 is 50.5 Å². The van der Waals surface area contributed by atoms with E-state index in [1.807, 2.05) is 6.92 Å². The zero-order chi connectivity index (χ0) is 13.3.